The highest BCUT2D eigenvalue weighted by molar-refractivity contribution is 5.93. The molecule has 1 heterocycles. The molecule has 1 aromatic rings. The summed E-state index contributed by atoms with van der Waals surface area (Å²) in [5.41, 5.74) is -1.51. The Bertz CT molecular complexity index is 462. The zero-order valence-electron chi connectivity index (χ0n) is 8.58. The summed E-state index contributed by atoms with van der Waals surface area (Å²) in [6.07, 6.45) is 2.29. The molecule has 0 spiro atoms. The van der Waals surface area contributed by atoms with E-state index in [4.69, 9.17) is 5.11 Å². The zero-order valence-corrected chi connectivity index (χ0v) is 8.58. The molecule has 0 unspecified atom stereocenters. The topological polar surface area (TPSA) is 115 Å². The van der Waals surface area contributed by atoms with Crippen LogP contribution in [0.4, 0.5) is 0 Å². The van der Waals surface area contributed by atoms with E-state index < -0.39 is 17.2 Å². The summed E-state index contributed by atoms with van der Waals surface area (Å²) in [7, 11) is 0. The normalized spacial score (nSPS) is 10.1. The van der Waals surface area contributed by atoms with Gasteiger partial charge in [-0.2, -0.15) is 0 Å². The van der Waals surface area contributed by atoms with Crippen LogP contribution in [0.3, 0.4) is 0 Å². The van der Waals surface area contributed by atoms with Crippen molar-refractivity contribution in [1.82, 2.24) is 15.3 Å². The predicted molar refractivity (Wildman–Crippen MR) is 56.3 cm³/mol. The van der Waals surface area contributed by atoms with Crippen LogP contribution >= 0.6 is 0 Å². The molecule has 4 N–H and O–H groups in total. The lowest BCUT2D eigenvalue weighted by Crippen LogP contribution is -2.33. The number of rotatable bonds is 5. The van der Waals surface area contributed by atoms with Gasteiger partial charge >= 0.3 is 5.69 Å². The molecule has 16 heavy (non-hydrogen) atoms. The first-order chi connectivity index (χ1) is 7.65. The second-order valence-electron chi connectivity index (χ2n) is 3.17. The SMILES string of the molecule is O=C(NCCCCO)c1c[nH]c(=O)[nH]c1=O. The van der Waals surface area contributed by atoms with E-state index >= 15 is 0 Å². The molecular weight excluding hydrogens is 214 g/mol. The van der Waals surface area contributed by atoms with Gasteiger partial charge in [0.25, 0.3) is 11.5 Å². The molecule has 0 aliphatic rings. The molecule has 7 heteroatoms. The Morgan fingerprint density at radius 1 is 1.38 bits per heavy atom. The zero-order chi connectivity index (χ0) is 12.0. The molecule has 1 rings (SSSR count). The van der Waals surface area contributed by atoms with Crippen LogP contribution in [-0.4, -0.2) is 34.1 Å². The molecule has 0 bridgehead atoms. The number of aromatic amines is 2. The minimum absolute atomic E-state index is 0.0646. The Morgan fingerprint density at radius 3 is 2.75 bits per heavy atom. The second kappa shape index (κ2) is 5.86. The summed E-state index contributed by atoms with van der Waals surface area (Å²) in [5, 5.41) is 11.0. The van der Waals surface area contributed by atoms with Crippen LogP contribution in [0, 0.1) is 0 Å². The number of aliphatic hydroxyl groups excluding tert-OH is 1. The lowest BCUT2D eigenvalue weighted by molar-refractivity contribution is 0.0950. The number of hydrogen-bond donors (Lipinski definition) is 4. The third kappa shape index (κ3) is 3.35. The van der Waals surface area contributed by atoms with Gasteiger partial charge in [0, 0.05) is 19.3 Å². The highest BCUT2D eigenvalue weighted by atomic mass is 16.3. The number of aromatic nitrogens is 2. The Morgan fingerprint density at radius 2 is 2.12 bits per heavy atom. The molecule has 0 aliphatic heterocycles. The molecule has 1 aromatic heterocycles. The van der Waals surface area contributed by atoms with Crippen LogP contribution in [0.5, 0.6) is 0 Å². The Hall–Kier alpha value is -1.89. The number of carbonyl (C=O) groups excluding carboxylic acids is 1. The summed E-state index contributed by atoms with van der Waals surface area (Å²) in [6.45, 7) is 0.438. The molecule has 0 radical (unpaired) electrons. The minimum Gasteiger partial charge on any atom is -0.396 e. The van der Waals surface area contributed by atoms with Crippen molar-refractivity contribution < 1.29 is 9.90 Å². The Balaban J connectivity index is 2.60. The molecule has 1 amide bonds. The quantitative estimate of drug-likeness (QED) is 0.461. The monoisotopic (exact) mass is 227 g/mol. The highest BCUT2D eigenvalue weighted by Crippen LogP contribution is 1.87. The lowest BCUT2D eigenvalue weighted by Gasteiger charge is -2.02. The fraction of sp³-hybridized carbons (Fsp3) is 0.444. The Kier molecular flexibility index (Phi) is 4.46. The van der Waals surface area contributed by atoms with E-state index in [0.717, 1.165) is 6.20 Å². The van der Waals surface area contributed by atoms with E-state index in [0.29, 0.717) is 19.4 Å². The van der Waals surface area contributed by atoms with E-state index in [1.54, 1.807) is 0 Å². The van der Waals surface area contributed by atoms with Crippen LogP contribution in [0.2, 0.25) is 0 Å². The predicted octanol–water partition coefficient (Wildman–Crippen LogP) is -1.43. The fourth-order valence-electron chi connectivity index (χ4n) is 1.11. The molecule has 0 aromatic carbocycles. The molecule has 0 saturated heterocycles. The van der Waals surface area contributed by atoms with E-state index in [9.17, 15) is 14.4 Å². The number of amides is 1. The summed E-state index contributed by atoms with van der Waals surface area (Å²) >= 11 is 0. The van der Waals surface area contributed by atoms with Crippen molar-refractivity contribution in [2.24, 2.45) is 0 Å². The van der Waals surface area contributed by atoms with E-state index in [1.807, 2.05) is 4.98 Å². The number of nitrogens with one attached hydrogen (secondary N) is 3. The summed E-state index contributed by atoms with van der Waals surface area (Å²) < 4.78 is 0. The van der Waals surface area contributed by atoms with Gasteiger partial charge in [-0.15, -0.1) is 0 Å². The molecule has 0 fully saturated rings. The molecule has 88 valence electrons. The maximum Gasteiger partial charge on any atom is 0.325 e. The third-order valence-electron chi connectivity index (χ3n) is 1.93. The van der Waals surface area contributed by atoms with Crippen molar-refractivity contribution in [3.05, 3.63) is 32.6 Å². The molecular formula is C9H13N3O4. The number of aliphatic hydroxyl groups is 1. The van der Waals surface area contributed by atoms with Gasteiger partial charge in [0.15, 0.2) is 0 Å². The first-order valence-corrected chi connectivity index (χ1v) is 4.86. The largest absolute Gasteiger partial charge is 0.396 e. The summed E-state index contributed by atoms with van der Waals surface area (Å²) in [4.78, 5) is 37.5. The average molecular weight is 227 g/mol. The second-order valence-corrected chi connectivity index (χ2v) is 3.17. The van der Waals surface area contributed by atoms with Crippen LogP contribution < -0.4 is 16.6 Å². The van der Waals surface area contributed by atoms with Crippen LogP contribution in [0.25, 0.3) is 0 Å². The van der Waals surface area contributed by atoms with Gasteiger partial charge in [-0.25, -0.2) is 4.79 Å². The van der Waals surface area contributed by atoms with Crippen molar-refractivity contribution in [2.75, 3.05) is 13.2 Å². The van der Waals surface area contributed by atoms with Crippen LogP contribution in [0.15, 0.2) is 15.8 Å². The molecule has 0 aliphatic carbocycles. The van der Waals surface area contributed by atoms with Gasteiger partial charge in [-0.05, 0) is 12.8 Å². The maximum absolute atomic E-state index is 11.4. The molecule has 7 nitrogen and oxygen atoms in total. The lowest BCUT2D eigenvalue weighted by atomic mass is 10.3. The fourth-order valence-corrected chi connectivity index (χ4v) is 1.11. The van der Waals surface area contributed by atoms with Gasteiger partial charge in [-0.3, -0.25) is 14.6 Å². The standard InChI is InChI=1S/C9H13N3O4/c13-4-2-1-3-10-7(14)6-5-11-9(16)12-8(6)15/h5,13H,1-4H2,(H,10,14)(H2,11,12,15,16). The van der Waals surface area contributed by atoms with Gasteiger partial charge < -0.3 is 15.4 Å². The van der Waals surface area contributed by atoms with Crippen molar-refractivity contribution >= 4 is 5.91 Å². The first-order valence-electron chi connectivity index (χ1n) is 4.86. The Labute approximate surface area is 90.5 Å². The van der Waals surface area contributed by atoms with E-state index in [1.165, 1.54) is 0 Å². The minimum atomic E-state index is -0.719. The number of H-pyrrole nitrogens is 2. The number of carbonyl (C=O) groups is 1. The molecule has 0 saturated carbocycles. The smallest absolute Gasteiger partial charge is 0.325 e. The van der Waals surface area contributed by atoms with Crippen LogP contribution in [-0.2, 0) is 0 Å². The maximum atomic E-state index is 11.4. The summed E-state index contributed by atoms with van der Waals surface area (Å²) in [6, 6.07) is 0. The van der Waals surface area contributed by atoms with Gasteiger partial charge in [-0.1, -0.05) is 0 Å². The average Bonchev–Trinajstić information content (AvgIpc) is 2.24. The highest BCUT2D eigenvalue weighted by Gasteiger charge is 2.09. The van der Waals surface area contributed by atoms with E-state index in [2.05, 4.69) is 10.3 Å². The third-order valence-corrected chi connectivity index (χ3v) is 1.93. The number of hydrogen-bond acceptors (Lipinski definition) is 4. The van der Waals surface area contributed by atoms with Crippen molar-refractivity contribution in [2.45, 2.75) is 12.8 Å². The van der Waals surface area contributed by atoms with E-state index in [-0.39, 0.29) is 12.2 Å². The van der Waals surface area contributed by atoms with Crippen LogP contribution in [0.1, 0.15) is 23.2 Å². The first kappa shape index (κ1) is 12.2. The van der Waals surface area contributed by atoms with Crippen molar-refractivity contribution in [3.63, 3.8) is 0 Å². The number of unbranched alkanes of at least 4 members (excludes halogenated alkanes) is 1. The van der Waals surface area contributed by atoms with Crippen molar-refractivity contribution in [1.29, 1.82) is 0 Å². The molecule has 0 atom stereocenters. The van der Waals surface area contributed by atoms with Gasteiger partial charge in [0.1, 0.15) is 5.56 Å². The summed E-state index contributed by atoms with van der Waals surface area (Å²) in [5.74, 6) is -0.546. The van der Waals surface area contributed by atoms with Gasteiger partial charge in [0.2, 0.25) is 0 Å². The van der Waals surface area contributed by atoms with Crippen molar-refractivity contribution in [3.8, 4) is 0 Å². The van der Waals surface area contributed by atoms with Gasteiger partial charge in [0.05, 0.1) is 0 Å².